The number of benzene rings is 1. The molecule has 26 heavy (non-hydrogen) atoms. The van der Waals surface area contributed by atoms with Gasteiger partial charge in [-0.1, -0.05) is 25.0 Å². The summed E-state index contributed by atoms with van der Waals surface area (Å²) in [5.41, 5.74) is 6.23. The number of nitrogens with one attached hydrogen (secondary N) is 1. The molecule has 1 fully saturated rings. The van der Waals surface area contributed by atoms with Crippen LogP contribution in [0, 0.1) is 5.82 Å². The molecular formula is C18H22Cl2FN3O2. The molecule has 1 aromatic carbocycles. The number of nitrogens with two attached hydrogens (primary N) is 1. The van der Waals surface area contributed by atoms with Gasteiger partial charge < -0.3 is 15.8 Å². The molecule has 0 radical (unpaired) electrons. The molecule has 3 rings (SSSR count). The summed E-state index contributed by atoms with van der Waals surface area (Å²) in [5, 5.41) is 2.86. The average Bonchev–Trinajstić information content (AvgIpc) is 3.02. The minimum absolute atomic E-state index is 0. The molecule has 5 nitrogen and oxygen atoms in total. The molecule has 0 bridgehead atoms. The summed E-state index contributed by atoms with van der Waals surface area (Å²) in [4.78, 5) is 16.3. The van der Waals surface area contributed by atoms with Crippen molar-refractivity contribution in [2.75, 3.05) is 0 Å². The van der Waals surface area contributed by atoms with Gasteiger partial charge in [-0.25, -0.2) is 9.37 Å². The Morgan fingerprint density at radius 1 is 1.23 bits per heavy atom. The van der Waals surface area contributed by atoms with E-state index in [1.807, 2.05) is 0 Å². The lowest BCUT2D eigenvalue weighted by molar-refractivity contribution is -0.126. The van der Waals surface area contributed by atoms with Crippen molar-refractivity contribution in [3.05, 3.63) is 54.0 Å². The summed E-state index contributed by atoms with van der Waals surface area (Å²) in [6, 6.07) is 9.35. The number of pyridine rings is 1. The van der Waals surface area contributed by atoms with Crippen LogP contribution in [0.4, 0.5) is 4.39 Å². The topological polar surface area (TPSA) is 77.2 Å². The van der Waals surface area contributed by atoms with Crippen LogP contribution in [0.3, 0.4) is 0 Å². The Morgan fingerprint density at radius 3 is 2.58 bits per heavy atom. The van der Waals surface area contributed by atoms with E-state index in [4.69, 9.17) is 10.5 Å². The van der Waals surface area contributed by atoms with Gasteiger partial charge in [0.2, 0.25) is 11.8 Å². The van der Waals surface area contributed by atoms with Gasteiger partial charge in [0.05, 0.1) is 5.54 Å². The monoisotopic (exact) mass is 401 g/mol. The number of ether oxygens (including phenoxy) is 1. The third-order valence-electron chi connectivity index (χ3n) is 4.22. The van der Waals surface area contributed by atoms with Gasteiger partial charge in [0, 0.05) is 24.9 Å². The Balaban J connectivity index is 0.00000169. The van der Waals surface area contributed by atoms with Crippen LogP contribution in [0.2, 0.25) is 0 Å². The number of carbonyl (C=O) groups is 1. The maximum absolute atomic E-state index is 13.1. The second kappa shape index (κ2) is 9.71. The Bertz CT molecular complexity index is 723. The fourth-order valence-electron chi connectivity index (χ4n) is 2.82. The summed E-state index contributed by atoms with van der Waals surface area (Å²) < 4.78 is 18.6. The van der Waals surface area contributed by atoms with Crippen molar-refractivity contribution in [2.24, 2.45) is 5.73 Å². The molecule has 1 aliphatic rings. The van der Waals surface area contributed by atoms with Crippen LogP contribution in [0.1, 0.15) is 31.2 Å². The quantitative estimate of drug-likeness (QED) is 0.799. The average molecular weight is 402 g/mol. The fourth-order valence-corrected chi connectivity index (χ4v) is 2.82. The molecule has 8 heteroatoms. The lowest BCUT2D eigenvalue weighted by Crippen LogP contribution is -2.51. The summed E-state index contributed by atoms with van der Waals surface area (Å²) >= 11 is 0. The molecule has 2 aromatic rings. The highest BCUT2D eigenvalue weighted by atomic mass is 35.5. The van der Waals surface area contributed by atoms with Crippen LogP contribution < -0.4 is 15.8 Å². The number of rotatable bonds is 5. The maximum atomic E-state index is 13.1. The van der Waals surface area contributed by atoms with E-state index in [1.54, 1.807) is 30.5 Å². The predicted molar refractivity (Wildman–Crippen MR) is 102 cm³/mol. The van der Waals surface area contributed by atoms with Crippen molar-refractivity contribution in [1.29, 1.82) is 0 Å². The largest absolute Gasteiger partial charge is 0.439 e. The highest BCUT2D eigenvalue weighted by Gasteiger charge is 2.36. The molecule has 0 spiro atoms. The van der Waals surface area contributed by atoms with Crippen LogP contribution in [0.25, 0.3) is 0 Å². The zero-order chi connectivity index (χ0) is 17.0. The van der Waals surface area contributed by atoms with Crippen LogP contribution in [0.5, 0.6) is 11.6 Å². The van der Waals surface area contributed by atoms with Crippen LogP contribution in [-0.2, 0) is 11.3 Å². The van der Waals surface area contributed by atoms with E-state index in [-0.39, 0.29) is 36.5 Å². The molecule has 1 amide bonds. The van der Waals surface area contributed by atoms with Gasteiger partial charge in [-0.05, 0) is 30.5 Å². The Labute approximate surface area is 164 Å². The summed E-state index contributed by atoms with van der Waals surface area (Å²) in [5.74, 6) is 0.270. The highest BCUT2D eigenvalue weighted by Crippen LogP contribution is 2.27. The van der Waals surface area contributed by atoms with Crippen molar-refractivity contribution in [2.45, 2.75) is 37.8 Å². The summed E-state index contributed by atoms with van der Waals surface area (Å²) in [6.07, 6.45) is 5.08. The number of hydrogen-bond acceptors (Lipinski definition) is 4. The Hall–Kier alpha value is -1.89. The lowest BCUT2D eigenvalue weighted by atomic mass is 9.98. The zero-order valence-corrected chi connectivity index (χ0v) is 15.7. The van der Waals surface area contributed by atoms with Crippen LogP contribution >= 0.6 is 24.8 Å². The van der Waals surface area contributed by atoms with Gasteiger partial charge in [0.25, 0.3) is 0 Å². The van der Waals surface area contributed by atoms with E-state index in [9.17, 15) is 9.18 Å². The number of aromatic nitrogens is 1. The molecular weight excluding hydrogens is 380 g/mol. The Kier molecular flexibility index (Phi) is 8.27. The molecule has 0 unspecified atom stereocenters. The molecule has 0 saturated heterocycles. The highest BCUT2D eigenvalue weighted by molar-refractivity contribution is 5.86. The third kappa shape index (κ3) is 5.56. The first-order valence-electron chi connectivity index (χ1n) is 8.01. The SMILES string of the molecule is Cl.Cl.NC1(C(=O)NCc2ccc(Oc3cccc(F)c3)nc2)CCCC1. The molecule has 142 valence electrons. The van der Waals surface area contributed by atoms with E-state index < -0.39 is 5.54 Å². The van der Waals surface area contributed by atoms with Crippen LogP contribution in [0.15, 0.2) is 42.6 Å². The normalized spacial score (nSPS) is 14.7. The number of amides is 1. The van der Waals surface area contributed by atoms with Crippen molar-refractivity contribution in [3.8, 4) is 11.6 Å². The van der Waals surface area contributed by atoms with Gasteiger partial charge in [-0.2, -0.15) is 0 Å². The Morgan fingerprint density at radius 2 is 1.96 bits per heavy atom. The molecule has 1 aliphatic carbocycles. The maximum Gasteiger partial charge on any atom is 0.240 e. The number of hydrogen-bond donors (Lipinski definition) is 2. The number of halogens is 3. The molecule has 1 saturated carbocycles. The molecule has 1 aromatic heterocycles. The second-order valence-corrected chi connectivity index (χ2v) is 6.11. The minimum Gasteiger partial charge on any atom is -0.439 e. The lowest BCUT2D eigenvalue weighted by Gasteiger charge is -2.22. The fraction of sp³-hybridized carbons (Fsp3) is 0.333. The predicted octanol–water partition coefficient (Wildman–Crippen LogP) is 3.74. The van der Waals surface area contributed by atoms with E-state index >= 15 is 0 Å². The first-order chi connectivity index (χ1) is 11.5. The van der Waals surface area contributed by atoms with Gasteiger partial charge in [-0.15, -0.1) is 24.8 Å². The number of nitrogens with zero attached hydrogens (tertiary/aromatic N) is 1. The first kappa shape index (κ1) is 22.2. The van der Waals surface area contributed by atoms with E-state index in [0.717, 1.165) is 31.2 Å². The van der Waals surface area contributed by atoms with E-state index in [1.165, 1.54) is 12.1 Å². The second-order valence-electron chi connectivity index (χ2n) is 6.11. The molecule has 1 heterocycles. The smallest absolute Gasteiger partial charge is 0.240 e. The van der Waals surface area contributed by atoms with Gasteiger partial charge in [0.15, 0.2) is 0 Å². The van der Waals surface area contributed by atoms with Crippen molar-refractivity contribution < 1.29 is 13.9 Å². The van der Waals surface area contributed by atoms with E-state index in [2.05, 4.69) is 10.3 Å². The van der Waals surface area contributed by atoms with Gasteiger partial charge in [0.1, 0.15) is 11.6 Å². The zero-order valence-electron chi connectivity index (χ0n) is 14.1. The minimum atomic E-state index is -0.728. The van der Waals surface area contributed by atoms with Crippen molar-refractivity contribution in [1.82, 2.24) is 10.3 Å². The van der Waals surface area contributed by atoms with Crippen molar-refractivity contribution in [3.63, 3.8) is 0 Å². The molecule has 0 aliphatic heterocycles. The van der Waals surface area contributed by atoms with Gasteiger partial charge >= 0.3 is 0 Å². The van der Waals surface area contributed by atoms with Gasteiger partial charge in [-0.3, -0.25) is 4.79 Å². The first-order valence-corrected chi connectivity index (χ1v) is 8.01. The molecule has 3 N–H and O–H groups in total. The van der Waals surface area contributed by atoms with Crippen molar-refractivity contribution >= 4 is 30.7 Å². The standard InChI is InChI=1S/C18H20FN3O2.2ClH/c19-14-4-3-5-15(10-14)24-16-7-6-13(11-21-16)12-22-17(23)18(20)8-1-2-9-18;;/h3-7,10-11H,1-2,8-9,12,20H2,(H,22,23);2*1H. The summed E-state index contributed by atoms with van der Waals surface area (Å²) in [7, 11) is 0. The van der Waals surface area contributed by atoms with E-state index in [0.29, 0.717) is 18.2 Å². The third-order valence-corrected chi connectivity index (χ3v) is 4.22. The number of carbonyl (C=O) groups excluding carboxylic acids is 1. The molecule has 0 atom stereocenters. The van der Waals surface area contributed by atoms with Crippen LogP contribution in [-0.4, -0.2) is 16.4 Å². The summed E-state index contributed by atoms with van der Waals surface area (Å²) in [6.45, 7) is 0.366.